The Labute approximate surface area is 115 Å². The third-order valence-electron chi connectivity index (χ3n) is 2.59. The summed E-state index contributed by atoms with van der Waals surface area (Å²) >= 11 is 0. The van der Waals surface area contributed by atoms with E-state index >= 15 is 0 Å². The smallest absolute Gasteiger partial charge is 0.252 e. The molecule has 2 rings (SSSR count). The zero-order valence-corrected chi connectivity index (χ0v) is 10.7. The fourth-order valence-electron chi connectivity index (χ4n) is 1.66. The number of nitrogens with two attached hydrogens (primary N) is 1. The third kappa shape index (κ3) is 3.47. The zero-order chi connectivity index (χ0) is 14.4. The number of carbonyl (C=O) groups excluding carboxylic acids is 1. The molecule has 2 N–H and O–H groups in total. The van der Waals surface area contributed by atoms with Gasteiger partial charge in [0.15, 0.2) is 11.6 Å². The second kappa shape index (κ2) is 6.56. The molecule has 0 unspecified atom stereocenters. The minimum Gasteiger partial charge on any atom is -0.489 e. The lowest BCUT2D eigenvalue weighted by Gasteiger charge is -2.10. The number of rotatable bonds is 6. The lowest BCUT2D eigenvalue weighted by molar-refractivity contribution is 0.0995. The van der Waals surface area contributed by atoms with Crippen LogP contribution in [0.4, 0.5) is 4.39 Å². The third-order valence-corrected chi connectivity index (χ3v) is 2.59. The summed E-state index contributed by atoms with van der Waals surface area (Å²) in [6.07, 6.45) is 0. The molecule has 0 fully saturated rings. The van der Waals surface area contributed by atoms with Crippen molar-refractivity contribution in [2.75, 3.05) is 13.2 Å². The van der Waals surface area contributed by atoms with Gasteiger partial charge in [-0.05, 0) is 24.3 Å². The first-order chi connectivity index (χ1) is 9.68. The van der Waals surface area contributed by atoms with Gasteiger partial charge in [0, 0.05) is 0 Å². The number of amides is 1. The number of primary amides is 1. The van der Waals surface area contributed by atoms with E-state index in [2.05, 4.69) is 0 Å². The van der Waals surface area contributed by atoms with Crippen molar-refractivity contribution < 1.29 is 18.7 Å². The van der Waals surface area contributed by atoms with Crippen LogP contribution in [0.2, 0.25) is 0 Å². The van der Waals surface area contributed by atoms with Crippen molar-refractivity contribution in [3.05, 3.63) is 59.9 Å². The number of para-hydroxylation sites is 2. The highest BCUT2D eigenvalue weighted by Crippen LogP contribution is 2.18. The van der Waals surface area contributed by atoms with Gasteiger partial charge in [0.1, 0.15) is 19.0 Å². The highest BCUT2D eigenvalue weighted by molar-refractivity contribution is 5.95. The second-order valence-electron chi connectivity index (χ2n) is 3.99. The molecule has 0 atom stereocenters. The van der Waals surface area contributed by atoms with E-state index in [0.29, 0.717) is 11.3 Å². The van der Waals surface area contributed by atoms with E-state index in [0.717, 1.165) is 0 Å². The molecule has 104 valence electrons. The average molecular weight is 275 g/mol. The SMILES string of the molecule is NC(=O)c1ccccc1OCCOc1ccccc1F. The number of benzene rings is 2. The Balaban J connectivity index is 1.88. The Bertz CT molecular complexity index is 601. The van der Waals surface area contributed by atoms with Crippen LogP contribution < -0.4 is 15.2 Å². The van der Waals surface area contributed by atoms with Crippen LogP contribution >= 0.6 is 0 Å². The van der Waals surface area contributed by atoms with Crippen LogP contribution in [0.5, 0.6) is 11.5 Å². The average Bonchev–Trinajstić information content (AvgIpc) is 2.45. The molecule has 1 amide bonds. The molecule has 0 saturated carbocycles. The van der Waals surface area contributed by atoms with Gasteiger partial charge in [-0.2, -0.15) is 0 Å². The number of halogens is 1. The molecule has 0 bridgehead atoms. The largest absolute Gasteiger partial charge is 0.489 e. The predicted molar refractivity (Wildman–Crippen MR) is 72.3 cm³/mol. The summed E-state index contributed by atoms with van der Waals surface area (Å²) in [5, 5.41) is 0. The molecule has 4 nitrogen and oxygen atoms in total. The Morgan fingerprint density at radius 1 is 0.950 bits per heavy atom. The van der Waals surface area contributed by atoms with Gasteiger partial charge >= 0.3 is 0 Å². The molecule has 2 aromatic carbocycles. The van der Waals surface area contributed by atoms with Crippen molar-refractivity contribution in [1.29, 1.82) is 0 Å². The Morgan fingerprint density at radius 2 is 1.50 bits per heavy atom. The maximum absolute atomic E-state index is 13.3. The van der Waals surface area contributed by atoms with Gasteiger partial charge in [-0.15, -0.1) is 0 Å². The number of carbonyl (C=O) groups is 1. The van der Waals surface area contributed by atoms with Gasteiger partial charge < -0.3 is 15.2 Å². The summed E-state index contributed by atoms with van der Waals surface area (Å²) in [6.45, 7) is 0.340. The van der Waals surface area contributed by atoms with Gasteiger partial charge in [0.25, 0.3) is 5.91 Å². The highest BCUT2D eigenvalue weighted by Gasteiger charge is 2.08. The number of hydrogen-bond acceptors (Lipinski definition) is 3. The van der Waals surface area contributed by atoms with Crippen LogP contribution in [-0.4, -0.2) is 19.1 Å². The molecule has 0 saturated heterocycles. The van der Waals surface area contributed by atoms with E-state index in [1.165, 1.54) is 12.1 Å². The van der Waals surface area contributed by atoms with Crippen molar-refractivity contribution in [2.24, 2.45) is 5.73 Å². The van der Waals surface area contributed by atoms with Crippen molar-refractivity contribution in [3.63, 3.8) is 0 Å². The number of hydrogen-bond donors (Lipinski definition) is 1. The van der Waals surface area contributed by atoms with E-state index in [1.807, 2.05) is 0 Å². The van der Waals surface area contributed by atoms with E-state index in [-0.39, 0.29) is 19.0 Å². The van der Waals surface area contributed by atoms with Crippen molar-refractivity contribution in [2.45, 2.75) is 0 Å². The Hall–Kier alpha value is -2.56. The van der Waals surface area contributed by atoms with E-state index in [9.17, 15) is 9.18 Å². The summed E-state index contributed by atoms with van der Waals surface area (Å²) < 4.78 is 23.9. The monoisotopic (exact) mass is 275 g/mol. The molecule has 0 radical (unpaired) electrons. The van der Waals surface area contributed by atoms with Crippen molar-refractivity contribution in [3.8, 4) is 11.5 Å². The lowest BCUT2D eigenvalue weighted by Crippen LogP contribution is -2.15. The molecule has 0 aliphatic heterocycles. The van der Waals surface area contributed by atoms with Gasteiger partial charge in [-0.25, -0.2) is 4.39 Å². The molecular formula is C15H14FNO3. The number of ether oxygens (including phenoxy) is 2. The first-order valence-corrected chi connectivity index (χ1v) is 6.07. The normalized spacial score (nSPS) is 10.1. The van der Waals surface area contributed by atoms with E-state index < -0.39 is 11.7 Å². The fourth-order valence-corrected chi connectivity index (χ4v) is 1.66. The molecule has 0 spiro atoms. The minimum atomic E-state index is -0.560. The van der Waals surface area contributed by atoms with Gasteiger partial charge in [-0.1, -0.05) is 24.3 Å². The van der Waals surface area contributed by atoms with Crippen LogP contribution in [0.1, 0.15) is 10.4 Å². The molecule has 0 aromatic heterocycles. The van der Waals surface area contributed by atoms with Crippen LogP contribution in [0.25, 0.3) is 0 Å². The Morgan fingerprint density at radius 3 is 2.15 bits per heavy atom. The molecule has 20 heavy (non-hydrogen) atoms. The van der Waals surface area contributed by atoms with Crippen LogP contribution in [0.3, 0.4) is 0 Å². The van der Waals surface area contributed by atoms with Crippen LogP contribution in [0, 0.1) is 5.82 Å². The Kier molecular flexibility index (Phi) is 4.55. The fraction of sp³-hybridized carbons (Fsp3) is 0.133. The van der Waals surface area contributed by atoms with Crippen molar-refractivity contribution in [1.82, 2.24) is 0 Å². The molecule has 5 heteroatoms. The van der Waals surface area contributed by atoms with E-state index in [1.54, 1.807) is 36.4 Å². The van der Waals surface area contributed by atoms with E-state index in [4.69, 9.17) is 15.2 Å². The predicted octanol–water partition coefficient (Wildman–Crippen LogP) is 2.38. The summed E-state index contributed by atoms with van der Waals surface area (Å²) in [7, 11) is 0. The minimum absolute atomic E-state index is 0.161. The molecular weight excluding hydrogens is 261 g/mol. The summed E-state index contributed by atoms with van der Waals surface area (Å²) in [6, 6.07) is 12.8. The van der Waals surface area contributed by atoms with Gasteiger partial charge in [0.05, 0.1) is 5.56 Å². The summed E-state index contributed by atoms with van der Waals surface area (Å²) in [5.74, 6) is -0.433. The standard InChI is InChI=1S/C15H14FNO3/c16-12-6-2-4-8-14(12)20-10-9-19-13-7-3-1-5-11(13)15(17)18/h1-8H,9-10H2,(H2,17,18). The van der Waals surface area contributed by atoms with Crippen LogP contribution in [0.15, 0.2) is 48.5 Å². The van der Waals surface area contributed by atoms with Gasteiger partial charge in [-0.3, -0.25) is 4.79 Å². The molecule has 0 aliphatic carbocycles. The van der Waals surface area contributed by atoms with Gasteiger partial charge in [0.2, 0.25) is 0 Å². The quantitative estimate of drug-likeness (QED) is 0.823. The first kappa shape index (κ1) is 13.9. The highest BCUT2D eigenvalue weighted by atomic mass is 19.1. The topological polar surface area (TPSA) is 61.6 Å². The maximum Gasteiger partial charge on any atom is 0.252 e. The zero-order valence-electron chi connectivity index (χ0n) is 10.7. The van der Waals surface area contributed by atoms with Crippen molar-refractivity contribution >= 4 is 5.91 Å². The van der Waals surface area contributed by atoms with Crippen LogP contribution in [-0.2, 0) is 0 Å². The summed E-state index contributed by atoms with van der Waals surface area (Å²) in [4.78, 5) is 11.2. The summed E-state index contributed by atoms with van der Waals surface area (Å²) in [5.41, 5.74) is 5.53. The molecule has 2 aromatic rings. The molecule has 0 heterocycles. The molecule has 0 aliphatic rings. The second-order valence-corrected chi connectivity index (χ2v) is 3.99. The maximum atomic E-state index is 13.3. The first-order valence-electron chi connectivity index (χ1n) is 6.07. The lowest BCUT2D eigenvalue weighted by atomic mass is 10.2.